The minimum absolute atomic E-state index is 0.0229. The second-order valence-corrected chi connectivity index (χ2v) is 5.38. The van der Waals surface area contributed by atoms with Gasteiger partial charge < -0.3 is 15.3 Å². The Balaban J connectivity index is 1.83. The van der Waals surface area contributed by atoms with Crippen molar-refractivity contribution >= 4 is 23.2 Å². The maximum absolute atomic E-state index is 13.2. The first-order valence-electron chi connectivity index (χ1n) is 7.16. The van der Waals surface area contributed by atoms with Gasteiger partial charge in [0.2, 0.25) is 5.91 Å². The molecule has 0 saturated carbocycles. The fourth-order valence-corrected chi connectivity index (χ4v) is 2.70. The fraction of sp³-hybridized carbons (Fsp3) is 0.176. The minimum atomic E-state index is -0.598. The maximum atomic E-state index is 13.2. The topological polar surface area (TPSA) is 69.6 Å². The third-order valence-electron chi connectivity index (χ3n) is 3.82. The van der Waals surface area contributed by atoms with E-state index in [1.165, 1.54) is 6.92 Å². The summed E-state index contributed by atoms with van der Waals surface area (Å²) in [5.74, 6) is -1.50. The molecular formula is C17H15FN2O3. The van der Waals surface area contributed by atoms with E-state index >= 15 is 0 Å². The van der Waals surface area contributed by atoms with Gasteiger partial charge in [-0.1, -0.05) is 0 Å². The number of benzene rings is 2. The van der Waals surface area contributed by atoms with Gasteiger partial charge >= 0.3 is 0 Å². The van der Waals surface area contributed by atoms with Crippen LogP contribution in [0.4, 0.5) is 15.8 Å². The Bertz CT molecular complexity index is 804. The first-order valence-corrected chi connectivity index (χ1v) is 7.16. The molecule has 5 nitrogen and oxygen atoms in total. The zero-order chi connectivity index (χ0) is 16.6. The van der Waals surface area contributed by atoms with E-state index < -0.39 is 11.7 Å². The van der Waals surface area contributed by atoms with Gasteiger partial charge in [-0.05, 0) is 48.4 Å². The zero-order valence-corrected chi connectivity index (χ0v) is 12.5. The third-order valence-corrected chi connectivity index (χ3v) is 3.82. The molecule has 0 aliphatic carbocycles. The van der Waals surface area contributed by atoms with Crippen molar-refractivity contribution < 1.29 is 19.1 Å². The smallest absolute Gasteiger partial charge is 0.259 e. The molecule has 1 aliphatic rings. The number of anilines is 2. The van der Waals surface area contributed by atoms with Gasteiger partial charge in [-0.25, -0.2) is 4.39 Å². The van der Waals surface area contributed by atoms with Gasteiger partial charge in [0.1, 0.15) is 11.6 Å². The normalized spacial score (nSPS) is 12.9. The summed E-state index contributed by atoms with van der Waals surface area (Å²) in [6.07, 6.45) is 0.712. The van der Waals surface area contributed by atoms with Gasteiger partial charge in [0, 0.05) is 24.8 Å². The van der Waals surface area contributed by atoms with Crippen LogP contribution in [-0.2, 0) is 11.2 Å². The van der Waals surface area contributed by atoms with Crippen molar-refractivity contribution in [3.8, 4) is 5.75 Å². The Kier molecular flexibility index (Phi) is 3.73. The van der Waals surface area contributed by atoms with Crippen molar-refractivity contribution in [3.63, 3.8) is 0 Å². The van der Waals surface area contributed by atoms with Crippen LogP contribution in [0.3, 0.4) is 0 Å². The average molecular weight is 314 g/mol. The highest BCUT2D eigenvalue weighted by Crippen LogP contribution is 2.31. The van der Waals surface area contributed by atoms with Crippen LogP contribution in [0.5, 0.6) is 5.75 Å². The standard InChI is InChI=1S/C17H15FN2O3/c1-10(21)20-7-6-11-8-13(3-4-15(11)20)19-17(23)14-9-12(18)2-5-16(14)22/h2-5,8-9,22H,6-7H2,1H3,(H,19,23). The van der Waals surface area contributed by atoms with E-state index in [1.54, 1.807) is 23.1 Å². The summed E-state index contributed by atoms with van der Waals surface area (Å²) in [7, 11) is 0. The molecule has 2 aromatic carbocycles. The van der Waals surface area contributed by atoms with Gasteiger partial charge in [-0.2, -0.15) is 0 Å². The molecule has 3 rings (SSSR count). The lowest BCUT2D eigenvalue weighted by Gasteiger charge is -2.15. The molecule has 0 unspecified atom stereocenters. The van der Waals surface area contributed by atoms with Crippen LogP contribution < -0.4 is 10.2 Å². The van der Waals surface area contributed by atoms with Crippen molar-refractivity contribution in [1.29, 1.82) is 0 Å². The number of phenols is 1. The van der Waals surface area contributed by atoms with Crippen molar-refractivity contribution in [2.24, 2.45) is 0 Å². The molecule has 0 saturated heterocycles. The second-order valence-electron chi connectivity index (χ2n) is 5.38. The summed E-state index contributed by atoms with van der Waals surface area (Å²) >= 11 is 0. The van der Waals surface area contributed by atoms with Crippen molar-refractivity contribution in [3.05, 3.63) is 53.3 Å². The SMILES string of the molecule is CC(=O)N1CCc2cc(NC(=O)c3cc(F)ccc3O)ccc21. The molecule has 2 amide bonds. The molecule has 2 N–H and O–H groups in total. The van der Waals surface area contributed by atoms with Gasteiger partial charge in [-0.15, -0.1) is 0 Å². The van der Waals surface area contributed by atoms with E-state index in [4.69, 9.17) is 0 Å². The molecule has 0 bridgehead atoms. The summed E-state index contributed by atoms with van der Waals surface area (Å²) in [6.45, 7) is 2.13. The zero-order valence-electron chi connectivity index (χ0n) is 12.5. The number of carbonyl (C=O) groups excluding carboxylic acids is 2. The van der Waals surface area contributed by atoms with Gasteiger partial charge in [-0.3, -0.25) is 9.59 Å². The predicted molar refractivity (Wildman–Crippen MR) is 84.2 cm³/mol. The first kappa shape index (κ1) is 15.0. The molecule has 1 heterocycles. The molecule has 23 heavy (non-hydrogen) atoms. The van der Waals surface area contributed by atoms with Crippen LogP contribution in [0.25, 0.3) is 0 Å². The lowest BCUT2D eigenvalue weighted by molar-refractivity contribution is -0.116. The predicted octanol–water partition coefficient (Wildman–Crippen LogP) is 2.69. The number of nitrogens with zero attached hydrogens (tertiary/aromatic N) is 1. The Morgan fingerprint density at radius 1 is 1.22 bits per heavy atom. The fourth-order valence-electron chi connectivity index (χ4n) is 2.70. The number of fused-ring (bicyclic) bond motifs is 1. The van der Waals surface area contributed by atoms with E-state index in [0.717, 1.165) is 29.4 Å². The molecule has 0 fully saturated rings. The molecule has 6 heteroatoms. The van der Waals surface area contributed by atoms with Gasteiger partial charge in [0.15, 0.2) is 0 Å². The molecule has 118 valence electrons. The van der Waals surface area contributed by atoms with E-state index in [-0.39, 0.29) is 17.2 Å². The lowest BCUT2D eigenvalue weighted by Crippen LogP contribution is -2.25. The van der Waals surface area contributed by atoms with E-state index in [1.807, 2.05) is 0 Å². The molecule has 0 spiro atoms. The number of amides is 2. The Morgan fingerprint density at radius 2 is 2.00 bits per heavy atom. The molecule has 0 atom stereocenters. The Labute approximate surface area is 132 Å². The number of halogens is 1. The largest absolute Gasteiger partial charge is 0.507 e. The molecule has 0 aromatic heterocycles. The molecule has 2 aromatic rings. The summed E-state index contributed by atoms with van der Waals surface area (Å²) in [4.78, 5) is 25.4. The van der Waals surface area contributed by atoms with E-state index in [2.05, 4.69) is 5.32 Å². The number of phenolic OH excluding ortho intramolecular Hbond substituents is 1. The second kappa shape index (κ2) is 5.72. The quantitative estimate of drug-likeness (QED) is 0.895. The first-order chi connectivity index (χ1) is 11.0. The molecular weight excluding hydrogens is 299 g/mol. The maximum Gasteiger partial charge on any atom is 0.259 e. The summed E-state index contributed by atoms with van der Waals surface area (Å²) in [5.41, 5.74) is 2.20. The third kappa shape index (κ3) is 2.88. The van der Waals surface area contributed by atoms with Crippen LogP contribution in [0.15, 0.2) is 36.4 Å². The number of carbonyl (C=O) groups is 2. The molecule has 1 aliphatic heterocycles. The van der Waals surface area contributed by atoms with Crippen molar-refractivity contribution in [2.75, 3.05) is 16.8 Å². The van der Waals surface area contributed by atoms with E-state index in [9.17, 15) is 19.1 Å². The lowest BCUT2D eigenvalue weighted by atomic mass is 10.1. The highest BCUT2D eigenvalue weighted by molar-refractivity contribution is 6.06. The number of nitrogens with one attached hydrogen (secondary N) is 1. The van der Waals surface area contributed by atoms with Crippen LogP contribution >= 0.6 is 0 Å². The van der Waals surface area contributed by atoms with Crippen molar-refractivity contribution in [1.82, 2.24) is 0 Å². The Morgan fingerprint density at radius 3 is 2.74 bits per heavy atom. The summed E-state index contributed by atoms with van der Waals surface area (Å²) in [6, 6.07) is 8.43. The van der Waals surface area contributed by atoms with Crippen LogP contribution in [-0.4, -0.2) is 23.5 Å². The average Bonchev–Trinajstić information content (AvgIpc) is 2.93. The van der Waals surface area contributed by atoms with Gasteiger partial charge in [0.25, 0.3) is 5.91 Å². The van der Waals surface area contributed by atoms with Crippen LogP contribution in [0, 0.1) is 5.82 Å². The van der Waals surface area contributed by atoms with Crippen LogP contribution in [0.1, 0.15) is 22.8 Å². The Hall–Kier alpha value is -2.89. The number of rotatable bonds is 2. The molecule has 0 radical (unpaired) electrons. The minimum Gasteiger partial charge on any atom is -0.507 e. The number of aromatic hydroxyl groups is 1. The monoisotopic (exact) mass is 314 g/mol. The highest BCUT2D eigenvalue weighted by Gasteiger charge is 2.22. The van der Waals surface area contributed by atoms with Gasteiger partial charge in [0.05, 0.1) is 5.56 Å². The number of hydrogen-bond donors (Lipinski definition) is 2. The summed E-state index contributed by atoms with van der Waals surface area (Å²) in [5, 5.41) is 12.3. The highest BCUT2D eigenvalue weighted by atomic mass is 19.1. The van der Waals surface area contributed by atoms with Crippen molar-refractivity contribution in [2.45, 2.75) is 13.3 Å². The number of hydrogen-bond acceptors (Lipinski definition) is 3. The van der Waals surface area contributed by atoms with Crippen LogP contribution in [0.2, 0.25) is 0 Å². The summed E-state index contributed by atoms with van der Waals surface area (Å²) < 4.78 is 13.2. The van der Waals surface area contributed by atoms with E-state index in [0.29, 0.717) is 18.7 Å².